The number of nitrogens with two attached hydrogens (primary N) is 1. The number of hydrogen-bond acceptors (Lipinski definition) is 7. The topological polar surface area (TPSA) is 114 Å². The molecule has 1 aliphatic carbocycles. The van der Waals surface area contributed by atoms with Gasteiger partial charge >= 0.3 is 6.03 Å². The van der Waals surface area contributed by atoms with E-state index < -0.39 is 11.9 Å². The minimum absolute atomic E-state index is 0.0222. The monoisotopic (exact) mass is 484 g/mol. The molecule has 0 radical (unpaired) electrons. The number of aromatic nitrogens is 2. The minimum atomic E-state index is -0.620. The van der Waals surface area contributed by atoms with Crippen molar-refractivity contribution < 1.29 is 14.3 Å². The molecule has 3 aliphatic rings. The van der Waals surface area contributed by atoms with Gasteiger partial charge in [0.25, 0.3) is 0 Å². The summed E-state index contributed by atoms with van der Waals surface area (Å²) < 4.78 is 5.42. The van der Waals surface area contributed by atoms with E-state index in [1.807, 2.05) is 19.2 Å². The lowest BCUT2D eigenvalue weighted by molar-refractivity contribution is -0.122. The van der Waals surface area contributed by atoms with E-state index in [-0.39, 0.29) is 17.4 Å². The second kappa shape index (κ2) is 9.24. The first-order chi connectivity index (χ1) is 16.3. The summed E-state index contributed by atoms with van der Waals surface area (Å²) in [7, 11) is 0. The number of primary amides is 1. The highest BCUT2D eigenvalue weighted by atomic mass is 32.1. The summed E-state index contributed by atoms with van der Waals surface area (Å²) in [5.74, 6) is -0.436. The average molecular weight is 485 g/mol. The third-order valence-corrected chi connectivity index (χ3v) is 8.44. The van der Waals surface area contributed by atoms with Gasteiger partial charge in [-0.05, 0) is 43.9 Å². The molecule has 0 aromatic carbocycles. The van der Waals surface area contributed by atoms with Crippen LogP contribution in [-0.4, -0.2) is 77.1 Å². The standard InChI is InChI=1S/C24H32N6O3S/c1-15-20(16-3-7-26-18(13-16)24(2)5-6-24)34-22(27-15)28-23(32)30-8-4-17(19(30)21(25)31)14-29-9-11-33-12-10-29/h3,7,13,17,19H,4-6,8-12,14H2,1-2H3,(H2,25,31)(H,27,28,32)/t17-,19-/m0/s1. The van der Waals surface area contributed by atoms with Crippen molar-refractivity contribution in [2.24, 2.45) is 11.7 Å². The number of urea groups is 1. The van der Waals surface area contributed by atoms with Crippen LogP contribution >= 0.6 is 11.3 Å². The second-order valence-corrected chi connectivity index (χ2v) is 10.9. The molecule has 0 unspecified atom stereocenters. The molecule has 182 valence electrons. The summed E-state index contributed by atoms with van der Waals surface area (Å²) in [6.07, 6.45) is 4.92. The first kappa shape index (κ1) is 23.2. The second-order valence-electron chi connectivity index (χ2n) is 9.86. The van der Waals surface area contributed by atoms with Gasteiger partial charge in [0.2, 0.25) is 5.91 Å². The number of carbonyl (C=O) groups is 2. The van der Waals surface area contributed by atoms with Crippen LogP contribution in [0.4, 0.5) is 9.93 Å². The predicted octanol–water partition coefficient (Wildman–Crippen LogP) is 2.60. The van der Waals surface area contributed by atoms with Crippen molar-refractivity contribution in [1.29, 1.82) is 0 Å². The number of nitrogens with one attached hydrogen (secondary N) is 1. The fourth-order valence-electron chi connectivity index (χ4n) is 5.00. The van der Waals surface area contributed by atoms with E-state index in [4.69, 9.17) is 10.5 Å². The Bertz CT molecular complexity index is 1080. The molecule has 2 saturated heterocycles. The molecule has 0 bridgehead atoms. The van der Waals surface area contributed by atoms with Crippen LogP contribution < -0.4 is 11.1 Å². The van der Waals surface area contributed by atoms with Crippen LogP contribution in [0.3, 0.4) is 0 Å². The van der Waals surface area contributed by atoms with Crippen LogP contribution in [0.25, 0.3) is 10.4 Å². The van der Waals surface area contributed by atoms with Gasteiger partial charge in [-0.3, -0.25) is 20.0 Å². The molecule has 2 aromatic heterocycles. The zero-order chi connectivity index (χ0) is 23.9. The van der Waals surface area contributed by atoms with Gasteiger partial charge in [0.15, 0.2) is 5.13 Å². The zero-order valence-corrected chi connectivity index (χ0v) is 20.6. The van der Waals surface area contributed by atoms with Crippen LogP contribution in [0.5, 0.6) is 0 Å². The van der Waals surface area contributed by atoms with Gasteiger partial charge < -0.3 is 15.4 Å². The zero-order valence-electron chi connectivity index (χ0n) is 19.7. The fraction of sp³-hybridized carbons (Fsp3) is 0.583. The Morgan fingerprint density at radius 1 is 1.29 bits per heavy atom. The fourth-order valence-corrected chi connectivity index (χ4v) is 5.96. The molecule has 2 aromatic rings. The van der Waals surface area contributed by atoms with Crippen LogP contribution in [-0.2, 0) is 14.9 Å². The molecule has 3 fully saturated rings. The Kier molecular flexibility index (Phi) is 6.30. The van der Waals surface area contributed by atoms with Crippen molar-refractivity contribution in [3.8, 4) is 10.4 Å². The summed E-state index contributed by atoms with van der Waals surface area (Å²) in [6, 6.07) is 3.18. The molecular formula is C24H32N6O3S. The maximum Gasteiger partial charge on any atom is 0.324 e. The summed E-state index contributed by atoms with van der Waals surface area (Å²) in [4.78, 5) is 39.5. The number of carbonyl (C=O) groups excluding carboxylic acids is 2. The van der Waals surface area contributed by atoms with E-state index in [2.05, 4.69) is 33.2 Å². The van der Waals surface area contributed by atoms with Crippen molar-refractivity contribution in [3.05, 3.63) is 29.7 Å². The number of aryl methyl sites for hydroxylation is 1. The van der Waals surface area contributed by atoms with Gasteiger partial charge in [-0.15, -0.1) is 0 Å². The third kappa shape index (κ3) is 4.67. The largest absolute Gasteiger partial charge is 0.379 e. The molecule has 3 N–H and O–H groups in total. The van der Waals surface area contributed by atoms with E-state index >= 15 is 0 Å². The van der Waals surface area contributed by atoms with Crippen LogP contribution in [0.2, 0.25) is 0 Å². The predicted molar refractivity (Wildman–Crippen MR) is 131 cm³/mol. The molecule has 3 amide bonds. The van der Waals surface area contributed by atoms with Gasteiger partial charge in [-0.1, -0.05) is 18.3 Å². The number of rotatable bonds is 6. The van der Waals surface area contributed by atoms with Crippen molar-refractivity contribution in [2.75, 3.05) is 44.7 Å². The summed E-state index contributed by atoms with van der Waals surface area (Å²) in [5.41, 5.74) is 8.96. The van der Waals surface area contributed by atoms with E-state index in [1.54, 1.807) is 4.90 Å². The number of nitrogens with zero attached hydrogens (tertiary/aromatic N) is 4. The molecule has 0 spiro atoms. The van der Waals surface area contributed by atoms with Crippen LogP contribution in [0.15, 0.2) is 18.3 Å². The highest BCUT2D eigenvalue weighted by Crippen LogP contribution is 2.47. The number of ether oxygens (including phenoxy) is 1. The number of morpholine rings is 1. The number of anilines is 1. The van der Waals surface area contributed by atoms with Crippen LogP contribution in [0.1, 0.15) is 37.6 Å². The normalized spacial score (nSPS) is 24.2. The SMILES string of the molecule is Cc1nc(NC(=O)N2CC[C@@H](CN3CCOCC3)[C@H]2C(N)=O)sc1-c1ccnc(C2(C)CC2)c1. The van der Waals surface area contributed by atoms with Crippen molar-refractivity contribution in [3.63, 3.8) is 0 Å². The quantitative estimate of drug-likeness (QED) is 0.652. The third-order valence-electron chi connectivity index (χ3n) is 7.32. The average Bonchev–Trinajstić information content (AvgIpc) is 3.27. The maximum absolute atomic E-state index is 13.1. The molecule has 2 aliphatic heterocycles. The van der Waals surface area contributed by atoms with E-state index in [0.717, 1.165) is 60.7 Å². The van der Waals surface area contributed by atoms with Gasteiger partial charge in [0.05, 0.1) is 23.8 Å². The highest BCUT2D eigenvalue weighted by molar-refractivity contribution is 7.19. The summed E-state index contributed by atoms with van der Waals surface area (Å²) in [5, 5.41) is 3.44. The van der Waals surface area contributed by atoms with E-state index in [0.29, 0.717) is 24.9 Å². The molecule has 10 heteroatoms. The Labute approximate surface area is 203 Å². The van der Waals surface area contributed by atoms with Gasteiger partial charge in [-0.2, -0.15) is 0 Å². The summed E-state index contributed by atoms with van der Waals surface area (Å²) in [6.45, 7) is 8.49. The number of thiazole rings is 1. The van der Waals surface area contributed by atoms with Crippen molar-refractivity contribution in [2.45, 2.75) is 44.6 Å². The molecule has 1 saturated carbocycles. The molecule has 9 nitrogen and oxygen atoms in total. The van der Waals surface area contributed by atoms with E-state index in [1.165, 1.54) is 11.3 Å². The molecule has 34 heavy (non-hydrogen) atoms. The molecule has 4 heterocycles. The Morgan fingerprint density at radius 3 is 2.76 bits per heavy atom. The highest BCUT2D eigenvalue weighted by Gasteiger charge is 2.42. The maximum atomic E-state index is 13.1. The molecule has 2 atom stereocenters. The summed E-state index contributed by atoms with van der Waals surface area (Å²) >= 11 is 1.44. The van der Waals surface area contributed by atoms with Crippen molar-refractivity contribution >= 4 is 28.4 Å². The molecular weight excluding hydrogens is 452 g/mol. The number of pyridine rings is 1. The Morgan fingerprint density at radius 2 is 2.06 bits per heavy atom. The van der Waals surface area contributed by atoms with E-state index in [9.17, 15) is 9.59 Å². The lowest BCUT2D eigenvalue weighted by Crippen LogP contribution is -2.50. The number of likely N-dealkylation sites (tertiary alicyclic amines) is 1. The van der Waals surface area contributed by atoms with Gasteiger partial charge in [0, 0.05) is 49.4 Å². The van der Waals surface area contributed by atoms with Crippen molar-refractivity contribution in [1.82, 2.24) is 19.8 Å². The van der Waals surface area contributed by atoms with Gasteiger partial charge in [-0.25, -0.2) is 9.78 Å². The first-order valence-corrected chi connectivity index (χ1v) is 12.8. The number of amides is 3. The van der Waals surface area contributed by atoms with Gasteiger partial charge in [0.1, 0.15) is 6.04 Å². The lowest BCUT2D eigenvalue weighted by Gasteiger charge is -2.31. The smallest absolute Gasteiger partial charge is 0.324 e. The molecule has 5 rings (SSSR count). The Hall–Kier alpha value is -2.56. The van der Waals surface area contributed by atoms with Crippen LogP contribution in [0, 0.1) is 12.8 Å². The number of hydrogen-bond donors (Lipinski definition) is 2. The lowest BCUT2D eigenvalue weighted by atomic mass is 9.99. The Balaban J connectivity index is 1.28. The minimum Gasteiger partial charge on any atom is -0.379 e. The first-order valence-electron chi connectivity index (χ1n) is 12.0.